The van der Waals surface area contributed by atoms with Gasteiger partial charge in [0, 0.05) is 32.2 Å². The average molecular weight is 635 g/mol. The van der Waals surface area contributed by atoms with Gasteiger partial charge in [0.1, 0.15) is 0 Å². The minimum Gasteiger partial charge on any atom is -0.393 e. The second-order valence-electron chi connectivity index (χ2n) is 10.2. The summed E-state index contributed by atoms with van der Waals surface area (Å²) < 4.78 is 0. The van der Waals surface area contributed by atoms with Crippen LogP contribution in [0.4, 0.5) is 0 Å². The molecular formula is C30H36IrNO2-. The summed E-state index contributed by atoms with van der Waals surface area (Å²) in [5.74, 6) is 1.54. The molecular weight excluding hydrogens is 599 g/mol. The first-order valence-corrected chi connectivity index (χ1v) is 12.9. The van der Waals surface area contributed by atoms with E-state index in [1.54, 1.807) is 0 Å². The van der Waals surface area contributed by atoms with E-state index in [-0.39, 0.29) is 38.2 Å². The molecule has 0 amide bonds. The van der Waals surface area contributed by atoms with E-state index < -0.39 is 0 Å². The quantitative estimate of drug-likeness (QED) is 0.310. The minimum atomic E-state index is -0.227. The van der Waals surface area contributed by atoms with Crippen LogP contribution < -0.4 is 0 Å². The number of hydrogen-bond acceptors (Lipinski definition) is 3. The minimum absolute atomic E-state index is 0. The van der Waals surface area contributed by atoms with Gasteiger partial charge in [0.2, 0.25) is 0 Å². The number of hydrogen-bond donors (Lipinski definition) is 2. The number of fused-ring (bicyclic) bond motifs is 2. The van der Waals surface area contributed by atoms with Crippen molar-refractivity contribution in [2.75, 3.05) is 0 Å². The van der Waals surface area contributed by atoms with Crippen molar-refractivity contribution in [3.8, 4) is 11.3 Å². The molecule has 1 heterocycles. The second-order valence-corrected chi connectivity index (χ2v) is 10.2. The van der Waals surface area contributed by atoms with Crippen molar-refractivity contribution in [1.82, 2.24) is 4.98 Å². The van der Waals surface area contributed by atoms with Crippen molar-refractivity contribution >= 4 is 10.8 Å². The van der Waals surface area contributed by atoms with Crippen LogP contribution in [0.2, 0.25) is 0 Å². The number of pyridine rings is 1. The topological polar surface area (TPSA) is 53.4 Å². The monoisotopic (exact) mass is 635 g/mol. The Morgan fingerprint density at radius 2 is 1.50 bits per heavy atom. The van der Waals surface area contributed by atoms with E-state index >= 15 is 0 Å². The van der Waals surface area contributed by atoms with E-state index in [2.05, 4.69) is 41.4 Å². The Morgan fingerprint density at radius 3 is 2.29 bits per heavy atom. The molecule has 0 aliphatic heterocycles. The van der Waals surface area contributed by atoms with Gasteiger partial charge in [-0.15, -0.1) is 35.9 Å². The fourth-order valence-electron chi connectivity index (χ4n) is 6.52. The number of aromatic nitrogens is 1. The third-order valence-corrected chi connectivity index (χ3v) is 8.19. The van der Waals surface area contributed by atoms with Gasteiger partial charge in [-0.3, -0.25) is 0 Å². The summed E-state index contributed by atoms with van der Waals surface area (Å²) >= 11 is 0. The number of aliphatic hydroxyl groups is 2. The molecule has 2 aromatic carbocycles. The predicted molar refractivity (Wildman–Crippen MR) is 134 cm³/mol. The van der Waals surface area contributed by atoms with E-state index in [1.165, 1.54) is 54.9 Å². The molecule has 3 aliphatic carbocycles. The summed E-state index contributed by atoms with van der Waals surface area (Å²) in [5.41, 5.74) is 3.63. The number of benzene rings is 2. The summed E-state index contributed by atoms with van der Waals surface area (Å²) in [6, 6.07) is 20.2. The maximum atomic E-state index is 9.77. The molecule has 3 fully saturated rings. The molecule has 0 spiro atoms. The summed E-state index contributed by atoms with van der Waals surface area (Å²) in [7, 11) is 0. The van der Waals surface area contributed by atoms with Gasteiger partial charge in [-0.25, -0.2) is 0 Å². The Bertz CT molecular complexity index is 1050. The van der Waals surface area contributed by atoms with Crippen molar-refractivity contribution in [3.05, 3.63) is 66.4 Å². The van der Waals surface area contributed by atoms with Gasteiger partial charge in [-0.1, -0.05) is 43.9 Å². The van der Waals surface area contributed by atoms with Crippen LogP contribution in [0.15, 0.2) is 54.7 Å². The van der Waals surface area contributed by atoms with Crippen LogP contribution in [0.25, 0.3) is 22.0 Å². The smallest absolute Gasteiger partial charge is 0.0595 e. The fourth-order valence-corrected chi connectivity index (χ4v) is 6.52. The van der Waals surface area contributed by atoms with Gasteiger partial charge in [-0.05, 0) is 78.5 Å². The largest absolute Gasteiger partial charge is 0.393 e. The zero-order valence-corrected chi connectivity index (χ0v) is 22.2. The van der Waals surface area contributed by atoms with Gasteiger partial charge in [0.15, 0.2) is 0 Å². The van der Waals surface area contributed by atoms with Gasteiger partial charge >= 0.3 is 0 Å². The van der Waals surface area contributed by atoms with E-state index in [4.69, 9.17) is 0 Å². The number of aliphatic hydroxyl groups excluding tert-OH is 2. The average Bonchev–Trinajstić information content (AvgIpc) is 3.48. The van der Waals surface area contributed by atoms with Gasteiger partial charge < -0.3 is 15.2 Å². The van der Waals surface area contributed by atoms with E-state index in [9.17, 15) is 10.2 Å². The van der Waals surface area contributed by atoms with Crippen LogP contribution in [0, 0.1) is 17.9 Å². The normalized spacial score (nSPS) is 26.8. The van der Waals surface area contributed by atoms with Crippen LogP contribution >= 0.6 is 0 Å². The third-order valence-electron chi connectivity index (χ3n) is 8.19. The van der Waals surface area contributed by atoms with Crippen molar-refractivity contribution in [1.29, 1.82) is 0 Å². The molecule has 4 unspecified atom stereocenters. The Balaban J connectivity index is 0.000000180. The molecule has 1 radical (unpaired) electrons. The van der Waals surface area contributed by atoms with Crippen LogP contribution in [0.5, 0.6) is 0 Å². The molecule has 183 valence electrons. The Labute approximate surface area is 217 Å². The van der Waals surface area contributed by atoms with E-state index in [0.29, 0.717) is 5.92 Å². The molecule has 3 nitrogen and oxygen atoms in total. The van der Waals surface area contributed by atoms with Crippen molar-refractivity contribution in [2.45, 2.75) is 82.3 Å². The zero-order valence-electron chi connectivity index (χ0n) is 19.8. The molecule has 3 saturated carbocycles. The molecule has 34 heavy (non-hydrogen) atoms. The summed E-state index contributed by atoms with van der Waals surface area (Å²) in [4.78, 5) is 4.61. The van der Waals surface area contributed by atoms with Crippen molar-refractivity contribution < 1.29 is 30.3 Å². The van der Waals surface area contributed by atoms with E-state index in [1.807, 2.05) is 24.4 Å². The molecule has 6 rings (SSSR count). The first-order chi connectivity index (χ1) is 16.2. The molecule has 0 saturated heterocycles. The molecule has 4 atom stereocenters. The standard InChI is InChI=1S/C20H18N.C10H18O2.Ir/c1-2-9-16(10-3-1)20-19-12-6-11-17(15-7-4-5-8-15)18(19)13-14-21-20;11-8-4-2-1-3-7-5-6-9(12)10(7)8;/h1-3,6,9,11-15H,4-5,7-8H2;7-12H,1-6H2;/q-1;;. The fraction of sp³-hybridized carbons (Fsp3) is 0.500. The zero-order chi connectivity index (χ0) is 22.6. The Kier molecular flexibility index (Phi) is 8.93. The van der Waals surface area contributed by atoms with Crippen LogP contribution in [-0.2, 0) is 20.1 Å². The maximum Gasteiger partial charge on any atom is 0.0595 e. The second kappa shape index (κ2) is 11.9. The first-order valence-electron chi connectivity index (χ1n) is 12.9. The molecule has 3 aliphatic rings. The van der Waals surface area contributed by atoms with Crippen LogP contribution in [0.1, 0.15) is 75.7 Å². The van der Waals surface area contributed by atoms with Gasteiger partial charge in [0.25, 0.3) is 0 Å². The van der Waals surface area contributed by atoms with Crippen LogP contribution in [0.3, 0.4) is 0 Å². The van der Waals surface area contributed by atoms with Gasteiger partial charge in [0.05, 0.1) is 12.2 Å². The molecule has 4 heteroatoms. The molecule has 3 aromatic rings. The third kappa shape index (κ3) is 5.46. The number of rotatable bonds is 2. The Morgan fingerprint density at radius 1 is 0.735 bits per heavy atom. The molecule has 1 aromatic heterocycles. The first kappa shape index (κ1) is 25.5. The van der Waals surface area contributed by atoms with Gasteiger partial charge in [-0.2, -0.15) is 0 Å². The Hall–Kier alpha value is -1.58. The molecule has 0 bridgehead atoms. The molecule has 2 N–H and O–H groups in total. The summed E-state index contributed by atoms with van der Waals surface area (Å²) in [5, 5.41) is 22.1. The number of nitrogens with zero attached hydrogens (tertiary/aromatic N) is 1. The van der Waals surface area contributed by atoms with E-state index in [0.717, 1.165) is 42.9 Å². The van der Waals surface area contributed by atoms with Crippen molar-refractivity contribution in [2.24, 2.45) is 11.8 Å². The maximum absolute atomic E-state index is 9.77. The van der Waals surface area contributed by atoms with Crippen molar-refractivity contribution in [3.63, 3.8) is 0 Å². The predicted octanol–water partition coefficient (Wildman–Crippen LogP) is 6.67. The summed E-state index contributed by atoms with van der Waals surface area (Å²) in [6.07, 6.45) is 13.4. The SMILES string of the molecule is OC1CCCCC2CCC(O)C12.[Ir].[c-]1ccccc1-c1nccc2c(C3CCCC3)cccc12. The van der Waals surface area contributed by atoms with Crippen LogP contribution in [-0.4, -0.2) is 27.4 Å². The summed E-state index contributed by atoms with van der Waals surface area (Å²) in [6.45, 7) is 0.